The van der Waals surface area contributed by atoms with Crippen LogP contribution in [0.15, 0.2) is 140 Å². The Kier molecular flexibility index (Phi) is 15.7. The SMILES string of the molecule is CNC([S-])=NN=C(C(C)=NN=C([S-])NC[P+](c1ccccc1)(c1ccccc1)c1ccccc1)c1ccc(Br)cc1.[Br-].[Cu+2]. The van der Waals surface area contributed by atoms with Crippen molar-refractivity contribution >= 4 is 86.1 Å². The van der Waals surface area contributed by atoms with Crippen LogP contribution < -0.4 is 43.5 Å². The van der Waals surface area contributed by atoms with Gasteiger partial charge in [0.25, 0.3) is 0 Å². The molecule has 0 bridgehead atoms. The maximum atomic E-state index is 5.67. The minimum atomic E-state index is -2.12. The van der Waals surface area contributed by atoms with Crippen molar-refractivity contribution in [2.24, 2.45) is 20.4 Å². The van der Waals surface area contributed by atoms with Crippen molar-refractivity contribution in [2.45, 2.75) is 6.92 Å². The molecule has 0 spiro atoms. The maximum Gasteiger partial charge on any atom is 2.00 e. The number of nitrogens with one attached hydrogen (secondary N) is 2. The van der Waals surface area contributed by atoms with Gasteiger partial charge in [-0.2, -0.15) is 15.3 Å². The van der Waals surface area contributed by atoms with Gasteiger partial charge in [-0.15, -0.1) is 5.10 Å². The van der Waals surface area contributed by atoms with E-state index in [9.17, 15) is 0 Å². The topological polar surface area (TPSA) is 73.5 Å². The molecule has 43 heavy (non-hydrogen) atoms. The zero-order valence-corrected chi connectivity index (χ0v) is 29.9. The van der Waals surface area contributed by atoms with E-state index >= 15 is 0 Å². The van der Waals surface area contributed by atoms with E-state index < -0.39 is 7.26 Å². The summed E-state index contributed by atoms with van der Waals surface area (Å²) in [5.41, 5.74) is 1.92. The van der Waals surface area contributed by atoms with Crippen LogP contribution in [0, 0.1) is 0 Å². The fourth-order valence-corrected chi connectivity index (χ4v) is 8.65. The van der Waals surface area contributed by atoms with Gasteiger partial charge in [0.15, 0.2) is 0 Å². The first-order valence-electron chi connectivity index (χ1n) is 12.8. The number of hydrogen-bond acceptors (Lipinski definition) is 6. The normalized spacial score (nSPS) is 12.5. The molecular formula is C31H29Br2CuN6PS2. The number of amidine groups is 2. The summed E-state index contributed by atoms with van der Waals surface area (Å²) in [5, 5.41) is 27.8. The molecule has 0 amide bonds. The van der Waals surface area contributed by atoms with Crippen molar-refractivity contribution in [1.29, 1.82) is 0 Å². The van der Waals surface area contributed by atoms with Gasteiger partial charge in [0, 0.05) is 22.3 Å². The van der Waals surface area contributed by atoms with Gasteiger partial charge in [-0.3, -0.25) is 0 Å². The van der Waals surface area contributed by atoms with Crippen LogP contribution in [0.5, 0.6) is 0 Å². The van der Waals surface area contributed by atoms with Gasteiger partial charge >= 0.3 is 17.1 Å². The van der Waals surface area contributed by atoms with E-state index in [0.29, 0.717) is 17.7 Å². The van der Waals surface area contributed by atoms with Crippen molar-refractivity contribution in [2.75, 3.05) is 13.3 Å². The minimum Gasteiger partial charge on any atom is -1.00 e. The fraction of sp³-hybridized carbons (Fsp3) is 0.0968. The maximum absolute atomic E-state index is 5.67. The number of benzene rings is 4. The first-order chi connectivity index (χ1) is 19.9. The van der Waals surface area contributed by atoms with Gasteiger partial charge < -0.3 is 52.9 Å². The summed E-state index contributed by atoms with van der Waals surface area (Å²) in [4.78, 5) is 0. The van der Waals surface area contributed by atoms with Crippen LogP contribution in [-0.4, -0.2) is 35.1 Å². The average Bonchev–Trinajstić information content (AvgIpc) is 3.02. The summed E-state index contributed by atoms with van der Waals surface area (Å²) in [6.45, 7) is 1.82. The predicted octanol–water partition coefficient (Wildman–Crippen LogP) is 2.10. The van der Waals surface area contributed by atoms with Crippen LogP contribution in [0.25, 0.3) is 0 Å². The van der Waals surface area contributed by atoms with Gasteiger partial charge in [-0.05, 0) is 60.6 Å². The zero-order chi connectivity index (χ0) is 29.1. The Morgan fingerprint density at radius 1 is 0.674 bits per heavy atom. The molecule has 0 aromatic heterocycles. The van der Waals surface area contributed by atoms with Crippen LogP contribution in [0.3, 0.4) is 0 Å². The van der Waals surface area contributed by atoms with Crippen molar-refractivity contribution in [3.8, 4) is 0 Å². The molecule has 6 nitrogen and oxygen atoms in total. The molecule has 4 aromatic carbocycles. The third kappa shape index (κ3) is 9.75. The zero-order valence-electron chi connectivity index (χ0n) is 23.3. The Bertz CT molecular complexity index is 1460. The molecule has 0 aliphatic carbocycles. The molecule has 0 saturated heterocycles. The summed E-state index contributed by atoms with van der Waals surface area (Å²) < 4.78 is 0.954. The predicted molar refractivity (Wildman–Crippen MR) is 186 cm³/mol. The van der Waals surface area contributed by atoms with Gasteiger partial charge in [0.1, 0.15) is 35.2 Å². The smallest absolute Gasteiger partial charge is 1.00 e. The summed E-state index contributed by atoms with van der Waals surface area (Å²) in [6, 6.07) is 39.5. The standard InChI is InChI=1S/C31H30BrN6PS2.BrH.Cu/c1-23(29(36-37-30(40)33-2)24-18-20-25(32)21-19-24)35-38-31(41)34-22-39(26-12-6-3-7-13-26,27-14-8-4-9-15-27)28-16-10-5-11-17-28;;/h3-21H,22H2,1-2H3,(H3-,33,34,35,36,37,38,40,41);1H;/q;;+2/p-2. The van der Waals surface area contributed by atoms with Gasteiger partial charge in [0.05, 0.1) is 5.71 Å². The molecule has 1 radical (unpaired) electrons. The summed E-state index contributed by atoms with van der Waals surface area (Å²) in [7, 11) is -0.425. The van der Waals surface area contributed by atoms with Crippen molar-refractivity contribution in [1.82, 2.24) is 10.6 Å². The van der Waals surface area contributed by atoms with Crippen LogP contribution in [0.2, 0.25) is 0 Å². The molecular weight excluding hydrogens is 775 g/mol. The van der Waals surface area contributed by atoms with E-state index in [-0.39, 0.29) is 44.4 Å². The quantitative estimate of drug-likeness (QED) is 0.0680. The van der Waals surface area contributed by atoms with E-state index in [4.69, 9.17) is 25.3 Å². The molecule has 0 aliphatic heterocycles. The molecule has 4 rings (SSSR count). The fourth-order valence-electron chi connectivity index (χ4n) is 4.25. The Morgan fingerprint density at radius 2 is 1.12 bits per heavy atom. The number of halogens is 2. The Hall–Kier alpha value is -2.49. The van der Waals surface area contributed by atoms with Crippen LogP contribution in [0.4, 0.5) is 0 Å². The second-order valence-electron chi connectivity index (χ2n) is 8.85. The monoisotopic (exact) mass is 801 g/mol. The number of rotatable bonds is 9. The van der Waals surface area contributed by atoms with Gasteiger partial charge in [-0.1, -0.05) is 82.7 Å². The van der Waals surface area contributed by atoms with E-state index in [2.05, 4.69) is 120 Å². The van der Waals surface area contributed by atoms with Gasteiger partial charge in [0.2, 0.25) is 0 Å². The van der Waals surface area contributed by atoms with Crippen LogP contribution in [-0.2, 0) is 42.3 Å². The minimum absolute atomic E-state index is 0. The molecule has 0 aliphatic rings. The summed E-state index contributed by atoms with van der Waals surface area (Å²) in [6.07, 6.45) is 0.585. The Labute approximate surface area is 294 Å². The first kappa shape index (κ1) is 36.7. The third-order valence-corrected chi connectivity index (χ3v) is 11.5. The van der Waals surface area contributed by atoms with Crippen molar-refractivity contribution in [3.63, 3.8) is 0 Å². The van der Waals surface area contributed by atoms with Crippen LogP contribution >= 0.6 is 23.2 Å². The van der Waals surface area contributed by atoms with Gasteiger partial charge in [-0.25, -0.2) is 0 Å². The number of nitrogens with zero attached hydrogens (tertiary/aromatic N) is 4. The molecule has 0 atom stereocenters. The second-order valence-corrected chi connectivity index (χ2v) is 14.0. The Balaban J connectivity index is 0.00000323. The molecule has 4 aromatic rings. The largest absolute Gasteiger partial charge is 2.00 e. The molecule has 2 N–H and O–H groups in total. The van der Waals surface area contributed by atoms with E-state index in [1.54, 1.807) is 7.05 Å². The Morgan fingerprint density at radius 3 is 1.56 bits per heavy atom. The molecule has 0 unspecified atom stereocenters. The number of hydrogen-bond donors (Lipinski definition) is 2. The van der Waals surface area contributed by atoms with E-state index in [1.807, 2.05) is 49.4 Å². The van der Waals surface area contributed by atoms with Crippen LogP contribution in [0.1, 0.15) is 12.5 Å². The summed E-state index contributed by atoms with van der Waals surface area (Å²) in [5.74, 6) is 0. The molecule has 0 heterocycles. The van der Waals surface area contributed by atoms with Crippen molar-refractivity contribution in [3.05, 3.63) is 125 Å². The molecule has 0 fully saturated rings. The summed E-state index contributed by atoms with van der Waals surface area (Å²) >= 11 is 14.3. The van der Waals surface area contributed by atoms with E-state index in [0.717, 1.165) is 10.0 Å². The van der Waals surface area contributed by atoms with E-state index in [1.165, 1.54) is 15.9 Å². The van der Waals surface area contributed by atoms with Crippen molar-refractivity contribution < 1.29 is 34.1 Å². The molecule has 12 heteroatoms. The third-order valence-electron chi connectivity index (χ3n) is 6.26. The first-order valence-corrected chi connectivity index (χ1v) is 16.4. The molecule has 0 saturated carbocycles. The molecule has 225 valence electrons. The second kappa shape index (κ2) is 18.3. The average molecular weight is 804 g/mol.